The van der Waals surface area contributed by atoms with E-state index in [1.165, 1.54) is 6.20 Å². The highest BCUT2D eigenvalue weighted by atomic mass is 16.4. The number of amides is 3. The first-order valence-corrected chi connectivity index (χ1v) is 11.0. The van der Waals surface area contributed by atoms with E-state index in [4.69, 9.17) is 5.11 Å². The largest absolute Gasteiger partial charge is 0.481 e. The molecule has 4 rings (SSSR count). The van der Waals surface area contributed by atoms with Crippen LogP contribution in [0.4, 0.5) is 27.7 Å². The van der Waals surface area contributed by atoms with Crippen molar-refractivity contribution in [1.82, 2.24) is 10.3 Å². The molecular formula is C25H25N5O4. The number of aliphatic carboxylic acids is 1. The van der Waals surface area contributed by atoms with E-state index in [2.05, 4.69) is 26.3 Å². The molecule has 3 aromatic rings. The number of urea groups is 1. The number of carboxylic acids is 1. The summed E-state index contributed by atoms with van der Waals surface area (Å²) in [6, 6.07) is 17.7. The number of carboxylic acid groups (broad SMARTS) is 1. The highest BCUT2D eigenvalue weighted by Gasteiger charge is 2.44. The Kier molecular flexibility index (Phi) is 6.72. The summed E-state index contributed by atoms with van der Waals surface area (Å²) in [6.07, 6.45) is 2.04. The molecule has 9 nitrogen and oxygen atoms in total. The van der Waals surface area contributed by atoms with Crippen molar-refractivity contribution < 1.29 is 19.5 Å². The lowest BCUT2D eigenvalue weighted by Gasteiger charge is -2.14. The Balaban J connectivity index is 1.52. The zero-order valence-electron chi connectivity index (χ0n) is 18.5. The number of carbonyl (C=O) groups is 3. The van der Waals surface area contributed by atoms with Gasteiger partial charge in [0, 0.05) is 30.2 Å². The van der Waals surface area contributed by atoms with Crippen LogP contribution >= 0.6 is 0 Å². The molecule has 0 spiro atoms. The minimum Gasteiger partial charge on any atom is -0.481 e. The van der Waals surface area contributed by atoms with Gasteiger partial charge < -0.3 is 21.1 Å². The van der Waals surface area contributed by atoms with Gasteiger partial charge in [-0.15, -0.1) is 0 Å². The average Bonchev–Trinajstić information content (AvgIpc) is 3.62. The lowest BCUT2D eigenvalue weighted by atomic mass is 10.1. The van der Waals surface area contributed by atoms with Crippen LogP contribution in [0.15, 0.2) is 66.9 Å². The van der Waals surface area contributed by atoms with Crippen LogP contribution in [0, 0.1) is 5.92 Å². The molecule has 0 bridgehead atoms. The summed E-state index contributed by atoms with van der Waals surface area (Å²) in [4.78, 5) is 40.3. The second kappa shape index (κ2) is 10.0. The minimum atomic E-state index is -0.779. The molecule has 9 heteroatoms. The fourth-order valence-electron chi connectivity index (χ4n) is 3.65. The smallest absolute Gasteiger partial charge is 0.320 e. The third-order valence-corrected chi connectivity index (χ3v) is 5.48. The van der Waals surface area contributed by atoms with Gasteiger partial charge in [-0.2, -0.15) is 0 Å². The number of aromatic nitrogens is 1. The van der Waals surface area contributed by atoms with Gasteiger partial charge in [0.15, 0.2) is 0 Å². The van der Waals surface area contributed by atoms with Crippen molar-refractivity contribution in [2.24, 2.45) is 5.92 Å². The maximum absolute atomic E-state index is 13.1. The first kappa shape index (κ1) is 22.8. The Bertz CT molecular complexity index is 1200. The number of carbonyl (C=O) groups excluding carboxylic acids is 2. The van der Waals surface area contributed by atoms with Crippen LogP contribution in [0.25, 0.3) is 0 Å². The van der Waals surface area contributed by atoms with Crippen molar-refractivity contribution in [2.45, 2.75) is 19.3 Å². The van der Waals surface area contributed by atoms with Gasteiger partial charge in [0.25, 0.3) is 5.91 Å². The molecule has 2 aromatic carbocycles. The first-order chi connectivity index (χ1) is 16.4. The number of hydrogen-bond acceptors (Lipinski definition) is 5. The monoisotopic (exact) mass is 459 g/mol. The summed E-state index contributed by atoms with van der Waals surface area (Å²) in [5.74, 6) is -1.16. The van der Waals surface area contributed by atoms with Gasteiger partial charge in [-0.05, 0) is 49.1 Å². The Morgan fingerprint density at radius 2 is 1.74 bits per heavy atom. The van der Waals surface area contributed by atoms with E-state index < -0.39 is 12.0 Å². The van der Waals surface area contributed by atoms with E-state index in [1.807, 2.05) is 49.4 Å². The van der Waals surface area contributed by atoms with E-state index in [9.17, 15) is 14.4 Å². The van der Waals surface area contributed by atoms with Gasteiger partial charge in [-0.25, -0.2) is 9.78 Å². The summed E-state index contributed by atoms with van der Waals surface area (Å²) in [7, 11) is 0. The Morgan fingerprint density at radius 1 is 1.00 bits per heavy atom. The molecule has 1 saturated carbocycles. The molecule has 5 N–H and O–H groups in total. The number of benzene rings is 2. The van der Waals surface area contributed by atoms with Crippen LogP contribution in [0.3, 0.4) is 0 Å². The van der Waals surface area contributed by atoms with Crippen LogP contribution in [0.5, 0.6) is 0 Å². The van der Waals surface area contributed by atoms with Crippen molar-refractivity contribution in [2.75, 3.05) is 22.5 Å². The van der Waals surface area contributed by atoms with Crippen LogP contribution in [-0.4, -0.2) is 34.5 Å². The standard InChI is InChI=1S/C25H25N5O4/c1-2-26-25(34)30-22-13-21(28-16-6-4-3-5-7-16)20(14-27-22)23(31)29-17-10-8-15(9-11-17)18-12-19(18)24(32)33/h3-11,13-14,18-19H,2,12H2,1H3,(H,29,31)(H,32,33)(H3,26,27,28,30,34)/t18-,19+/m0/s1. The first-order valence-electron chi connectivity index (χ1n) is 11.0. The predicted octanol–water partition coefficient (Wildman–Crippen LogP) is 4.41. The molecule has 174 valence electrons. The molecule has 1 heterocycles. The quantitative estimate of drug-likeness (QED) is 0.339. The number of para-hydroxylation sites is 1. The molecule has 0 saturated heterocycles. The molecule has 1 aliphatic carbocycles. The predicted molar refractivity (Wildman–Crippen MR) is 130 cm³/mol. The number of hydrogen-bond donors (Lipinski definition) is 5. The van der Waals surface area contributed by atoms with Gasteiger partial charge in [-0.3, -0.25) is 14.9 Å². The van der Waals surface area contributed by atoms with Gasteiger partial charge in [0.05, 0.1) is 17.2 Å². The molecule has 0 radical (unpaired) electrons. The molecule has 34 heavy (non-hydrogen) atoms. The average molecular weight is 460 g/mol. The van der Waals surface area contributed by atoms with Crippen LogP contribution in [0.2, 0.25) is 0 Å². The van der Waals surface area contributed by atoms with Crippen LogP contribution in [-0.2, 0) is 4.79 Å². The molecule has 0 aliphatic heterocycles. The molecule has 1 aliphatic rings. The summed E-state index contributed by atoms with van der Waals surface area (Å²) >= 11 is 0. The lowest BCUT2D eigenvalue weighted by molar-refractivity contribution is -0.138. The third-order valence-electron chi connectivity index (χ3n) is 5.48. The highest BCUT2D eigenvalue weighted by molar-refractivity contribution is 6.08. The minimum absolute atomic E-state index is 0.0260. The Labute approximate surface area is 196 Å². The van der Waals surface area contributed by atoms with Crippen molar-refractivity contribution in [3.63, 3.8) is 0 Å². The summed E-state index contributed by atoms with van der Waals surface area (Å²) in [5.41, 5.74) is 3.07. The second-order valence-corrected chi connectivity index (χ2v) is 7.95. The summed E-state index contributed by atoms with van der Waals surface area (Å²) in [6.45, 7) is 2.28. The maximum Gasteiger partial charge on any atom is 0.320 e. The Hall–Kier alpha value is -4.40. The second-order valence-electron chi connectivity index (χ2n) is 7.95. The van der Waals surface area contributed by atoms with Gasteiger partial charge >= 0.3 is 12.0 Å². The van der Waals surface area contributed by atoms with E-state index in [0.29, 0.717) is 35.7 Å². The van der Waals surface area contributed by atoms with Crippen molar-refractivity contribution in [3.8, 4) is 0 Å². The molecule has 3 amide bonds. The van der Waals surface area contributed by atoms with E-state index in [0.717, 1.165) is 11.3 Å². The van der Waals surface area contributed by atoms with Crippen LogP contribution in [0.1, 0.15) is 35.2 Å². The molecule has 2 atom stereocenters. The number of rotatable bonds is 8. The Morgan fingerprint density at radius 3 is 2.38 bits per heavy atom. The van der Waals surface area contributed by atoms with Crippen molar-refractivity contribution in [3.05, 3.63) is 78.0 Å². The topological polar surface area (TPSA) is 132 Å². The zero-order valence-corrected chi connectivity index (χ0v) is 18.5. The van der Waals surface area contributed by atoms with Crippen LogP contribution < -0.4 is 21.3 Å². The van der Waals surface area contributed by atoms with Gasteiger partial charge in [-0.1, -0.05) is 30.3 Å². The molecular weight excluding hydrogens is 434 g/mol. The molecule has 0 unspecified atom stereocenters. The molecule has 1 fully saturated rings. The summed E-state index contributed by atoms with van der Waals surface area (Å²) in [5, 5.41) is 20.5. The molecule has 1 aromatic heterocycles. The van der Waals surface area contributed by atoms with E-state index >= 15 is 0 Å². The van der Waals surface area contributed by atoms with E-state index in [1.54, 1.807) is 18.2 Å². The highest BCUT2D eigenvalue weighted by Crippen LogP contribution is 2.47. The van der Waals surface area contributed by atoms with Gasteiger partial charge in [0.2, 0.25) is 0 Å². The lowest BCUT2D eigenvalue weighted by Crippen LogP contribution is -2.28. The number of pyridine rings is 1. The fraction of sp³-hybridized carbons (Fsp3) is 0.200. The van der Waals surface area contributed by atoms with Gasteiger partial charge in [0.1, 0.15) is 5.82 Å². The number of anilines is 4. The van der Waals surface area contributed by atoms with Crippen molar-refractivity contribution in [1.29, 1.82) is 0 Å². The normalized spacial score (nSPS) is 16.3. The number of nitrogens with one attached hydrogen (secondary N) is 4. The maximum atomic E-state index is 13.1. The SMILES string of the molecule is CCNC(=O)Nc1cc(Nc2ccccc2)c(C(=O)Nc2ccc([C@@H]3C[C@H]3C(=O)O)cc2)cn1. The third kappa shape index (κ3) is 5.50. The summed E-state index contributed by atoms with van der Waals surface area (Å²) < 4.78 is 0. The van der Waals surface area contributed by atoms with E-state index in [-0.39, 0.29) is 17.7 Å². The number of nitrogens with zero attached hydrogens (tertiary/aromatic N) is 1. The fourth-order valence-corrected chi connectivity index (χ4v) is 3.65. The zero-order chi connectivity index (χ0) is 24.1. The van der Waals surface area contributed by atoms with Crippen molar-refractivity contribution >= 4 is 40.8 Å².